The second-order valence-corrected chi connectivity index (χ2v) is 6.26. The maximum atomic E-state index is 6.19. The summed E-state index contributed by atoms with van der Waals surface area (Å²) in [6.45, 7) is 7.78. The summed E-state index contributed by atoms with van der Waals surface area (Å²) in [4.78, 5) is 0. The summed E-state index contributed by atoms with van der Waals surface area (Å²) in [5.41, 5.74) is 2.71. The predicted octanol–water partition coefficient (Wildman–Crippen LogP) is 3.46. The number of ether oxygens (including phenoxy) is 1. The minimum absolute atomic E-state index is 0.0429. The van der Waals surface area contributed by atoms with Gasteiger partial charge in [0.05, 0.1) is 0 Å². The van der Waals surface area contributed by atoms with Gasteiger partial charge in [-0.2, -0.15) is 0 Å². The molecule has 2 nitrogen and oxygen atoms in total. The van der Waals surface area contributed by atoms with Crippen LogP contribution in [0.1, 0.15) is 50.8 Å². The summed E-state index contributed by atoms with van der Waals surface area (Å²) < 4.78 is 6.19. The maximum Gasteiger partial charge on any atom is 0.128 e. The van der Waals surface area contributed by atoms with Crippen LogP contribution in [0, 0.1) is 5.92 Å². The van der Waals surface area contributed by atoms with Crippen molar-refractivity contribution in [3.8, 4) is 5.75 Å². The Bertz CT molecular complexity index is 452. The van der Waals surface area contributed by atoms with Crippen LogP contribution < -0.4 is 10.1 Å². The van der Waals surface area contributed by atoms with E-state index >= 15 is 0 Å². The average Bonchev–Trinajstić information content (AvgIpc) is 2.89. The molecule has 1 saturated heterocycles. The van der Waals surface area contributed by atoms with Crippen LogP contribution in [0.5, 0.6) is 5.75 Å². The molecule has 2 unspecified atom stereocenters. The molecule has 0 aliphatic carbocycles. The quantitative estimate of drug-likeness (QED) is 0.861. The maximum absolute atomic E-state index is 6.19. The molecule has 1 N–H and O–H groups in total. The Morgan fingerprint density at radius 3 is 3.00 bits per heavy atom. The highest BCUT2D eigenvalue weighted by Gasteiger charge is 2.36. The summed E-state index contributed by atoms with van der Waals surface area (Å²) in [6, 6.07) is 7.12. The number of hydrogen-bond donors (Lipinski definition) is 1. The van der Waals surface area contributed by atoms with Crippen LogP contribution in [0.25, 0.3) is 0 Å². The zero-order valence-corrected chi connectivity index (χ0v) is 11.6. The fourth-order valence-electron chi connectivity index (χ4n) is 3.45. The molecule has 18 heavy (non-hydrogen) atoms. The largest absolute Gasteiger partial charge is 0.487 e. The molecule has 1 aromatic carbocycles. The van der Waals surface area contributed by atoms with E-state index in [1.54, 1.807) is 0 Å². The van der Waals surface area contributed by atoms with Crippen LogP contribution >= 0.6 is 0 Å². The first-order chi connectivity index (χ1) is 8.61. The Balaban J connectivity index is 1.97. The van der Waals surface area contributed by atoms with Crippen molar-refractivity contribution in [3.63, 3.8) is 0 Å². The highest BCUT2D eigenvalue weighted by Crippen LogP contribution is 2.43. The van der Waals surface area contributed by atoms with Crippen molar-refractivity contribution in [3.05, 3.63) is 29.3 Å². The Kier molecular flexibility index (Phi) is 2.86. The fraction of sp³-hybridized carbons (Fsp3) is 0.625. The van der Waals surface area contributed by atoms with Crippen molar-refractivity contribution in [1.82, 2.24) is 5.32 Å². The molecule has 1 fully saturated rings. The van der Waals surface area contributed by atoms with E-state index in [0.29, 0.717) is 6.04 Å². The third-order valence-electron chi connectivity index (χ3n) is 4.33. The van der Waals surface area contributed by atoms with E-state index in [-0.39, 0.29) is 5.60 Å². The third kappa shape index (κ3) is 1.93. The number of para-hydroxylation sites is 1. The molecule has 2 atom stereocenters. The lowest BCUT2D eigenvalue weighted by Gasteiger charge is -2.23. The zero-order valence-electron chi connectivity index (χ0n) is 11.6. The minimum atomic E-state index is -0.0429. The van der Waals surface area contributed by atoms with Crippen LogP contribution in [0.15, 0.2) is 18.2 Å². The lowest BCUT2D eigenvalue weighted by molar-refractivity contribution is 0.136. The molecule has 0 aromatic heterocycles. The lowest BCUT2D eigenvalue weighted by Crippen LogP contribution is -2.25. The summed E-state index contributed by atoms with van der Waals surface area (Å²) >= 11 is 0. The number of nitrogens with one attached hydrogen (secondary N) is 1. The van der Waals surface area contributed by atoms with Gasteiger partial charge in [0.25, 0.3) is 0 Å². The standard InChI is InChI=1S/C16H23NO/c1-4-11-8-9-17-14(11)13-7-5-6-12-10-16(2,3)18-15(12)13/h5-7,11,14,17H,4,8-10H2,1-3H3. The summed E-state index contributed by atoms with van der Waals surface area (Å²) in [6.07, 6.45) is 3.55. The molecular weight excluding hydrogens is 222 g/mol. The van der Waals surface area contributed by atoms with E-state index in [1.807, 2.05) is 0 Å². The molecule has 3 rings (SSSR count). The number of benzene rings is 1. The normalized spacial score (nSPS) is 29.1. The van der Waals surface area contributed by atoms with Gasteiger partial charge in [-0.25, -0.2) is 0 Å². The van der Waals surface area contributed by atoms with E-state index in [1.165, 1.54) is 24.0 Å². The lowest BCUT2D eigenvalue weighted by atomic mass is 9.90. The van der Waals surface area contributed by atoms with E-state index in [9.17, 15) is 0 Å². The van der Waals surface area contributed by atoms with Crippen molar-refractivity contribution < 1.29 is 4.74 Å². The van der Waals surface area contributed by atoms with Crippen LogP contribution in [0.3, 0.4) is 0 Å². The van der Waals surface area contributed by atoms with Crippen molar-refractivity contribution in [2.75, 3.05) is 6.54 Å². The van der Waals surface area contributed by atoms with Crippen molar-refractivity contribution in [2.45, 2.75) is 51.7 Å². The van der Waals surface area contributed by atoms with Crippen LogP contribution in [0.4, 0.5) is 0 Å². The molecule has 2 aliphatic rings. The van der Waals surface area contributed by atoms with E-state index < -0.39 is 0 Å². The summed E-state index contributed by atoms with van der Waals surface area (Å²) in [7, 11) is 0. The Labute approximate surface area is 110 Å². The second kappa shape index (κ2) is 4.27. The zero-order chi connectivity index (χ0) is 12.8. The summed E-state index contributed by atoms with van der Waals surface area (Å²) in [5.74, 6) is 1.91. The molecule has 2 heteroatoms. The van der Waals surface area contributed by atoms with Gasteiger partial charge < -0.3 is 10.1 Å². The Morgan fingerprint density at radius 2 is 2.22 bits per heavy atom. The monoisotopic (exact) mass is 245 g/mol. The molecule has 2 aliphatic heterocycles. The van der Waals surface area contributed by atoms with E-state index in [4.69, 9.17) is 4.74 Å². The topological polar surface area (TPSA) is 21.3 Å². The van der Waals surface area contributed by atoms with Crippen molar-refractivity contribution >= 4 is 0 Å². The van der Waals surface area contributed by atoms with Crippen molar-refractivity contribution in [2.24, 2.45) is 5.92 Å². The van der Waals surface area contributed by atoms with E-state index in [2.05, 4.69) is 44.3 Å². The molecule has 0 radical (unpaired) electrons. The molecule has 98 valence electrons. The summed E-state index contributed by atoms with van der Waals surface area (Å²) in [5, 5.41) is 3.65. The molecule has 0 spiro atoms. The predicted molar refractivity (Wildman–Crippen MR) is 74.0 cm³/mol. The van der Waals surface area contributed by atoms with Gasteiger partial charge in [-0.05, 0) is 38.3 Å². The minimum Gasteiger partial charge on any atom is -0.487 e. The number of rotatable bonds is 2. The number of hydrogen-bond acceptors (Lipinski definition) is 2. The van der Waals surface area contributed by atoms with Gasteiger partial charge in [0.15, 0.2) is 0 Å². The van der Waals surface area contributed by atoms with Gasteiger partial charge in [0.1, 0.15) is 11.4 Å². The molecule has 1 aromatic rings. The van der Waals surface area contributed by atoms with Gasteiger partial charge in [-0.3, -0.25) is 0 Å². The van der Waals surface area contributed by atoms with Crippen LogP contribution in [-0.4, -0.2) is 12.1 Å². The van der Waals surface area contributed by atoms with Crippen LogP contribution in [0.2, 0.25) is 0 Å². The van der Waals surface area contributed by atoms with Crippen molar-refractivity contribution in [1.29, 1.82) is 0 Å². The van der Waals surface area contributed by atoms with Gasteiger partial charge >= 0.3 is 0 Å². The average molecular weight is 245 g/mol. The van der Waals surface area contributed by atoms with Crippen LogP contribution in [-0.2, 0) is 6.42 Å². The fourth-order valence-corrected chi connectivity index (χ4v) is 3.45. The van der Waals surface area contributed by atoms with Gasteiger partial charge in [-0.1, -0.05) is 31.5 Å². The Morgan fingerprint density at radius 1 is 1.39 bits per heavy atom. The highest BCUT2D eigenvalue weighted by molar-refractivity contribution is 5.47. The molecule has 0 saturated carbocycles. The smallest absolute Gasteiger partial charge is 0.128 e. The third-order valence-corrected chi connectivity index (χ3v) is 4.33. The SMILES string of the molecule is CCC1CCNC1c1cccc2c1OC(C)(C)C2. The second-order valence-electron chi connectivity index (χ2n) is 6.26. The molecular formula is C16H23NO. The van der Waals surface area contributed by atoms with E-state index in [0.717, 1.165) is 24.6 Å². The van der Waals surface area contributed by atoms with Gasteiger partial charge in [0.2, 0.25) is 0 Å². The first-order valence-corrected chi connectivity index (χ1v) is 7.15. The first-order valence-electron chi connectivity index (χ1n) is 7.15. The van der Waals surface area contributed by atoms with Gasteiger partial charge in [0, 0.05) is 18.0 Å². The first kappa shape index (κ1) is 12.0. The molecule has 0 amide bonds. The molecule has 0 bridgehead atoms. The number of fused-ring (bicyclic) bond motifs is 1. The Hall–Kier alpha value is -1.02. The highest BCUT2D eigenvalue weighted by atomic mass is 16.5. The molecule has 2 heterocycles. The van der Waals surface area contributed by atoms with Gasteiger partial charge in [-0.15, -0.1) is 0 Å².